The molecule has 0 bridgehead atoms. The number of alkyl carbamates (subject to hydrolysis) is 1. The van der Waals surface area contributed by atoms with Gasteiger partial charge in [-0.05, 0) is 33.1 Å². The molecule has 0 spiro atoms. The van der Waals surface area contributed by atoms with E-state index in [0.717, 1.165) is 25.7 Å². The summed E-state index contributed by atoms with van der Waals surface area (Å²) >= 11 is 0. The molecule has 0 aliphatic heterocycles. The normalized spacial score (nSPS) is 17.8. The number of hydrogen-bond acceptors (Lipinski definition) is 3. The highest BCUT2D eigenvalue weighted by Gasteiger charge is 2.27. The Morgan fingerprint density at radius 1 is 1.25 bits per heavy atom. The zero-order valence-electron chi connectivity index (χ0n) is 12.6. The lowest BCUT2D eigenvalue weighted by molar-refractivity contribution is -0.140. The van der Waals surface area contributed by atoms with E-state index in [4.69, 9.17) is 4.74 Å². The van der Waals surface area contributed by atoms with Gasteiger partial charge in [0.25, 0.3) is 0 Å². The van der Waals surface area contributed by atoms with Gasteiger partial charge in [0, 0.05) is 0 Å². The predicted molar refractivity (Wildman–Crippen MR) is 75.6 cm³/mol. The monoisotopic (exact) mass is 289 g/mol. The maximum absolute atomic E-state index is 11.6. The Kier molecular flexibility index (Phi) is 7.57. The average Bonchev–Trinajstić information content (AvgIpc) is 2.26. The Bertz CT molecular complexity index is 318. The van der Waals surface area contributed by atoms with E-state index in [2.05, 4.69) is 5.32 Å². The van der Waals surface area contributed by atoms with Crippen molar-refractivity contribution in [3.05, 3.63) is 0 Å². The second kappa shape index (κ2) is 8.09. The highest BCUT2D eigenvalue weighted by molar-refractivity contribution is 5.80. The lowest BCUT2D eigenvalue weighted by Crippen LogP contribution is -2.44. The maximum atomic E-state index is 11.6. The number of carboxylic acid groups (broad SMARTS) is 1. The molecule has 1 aliphatic carbocycles. The standard InChI is InChI=1S/C14H25NO4.H2O/c1-14(2,3)19-13(18)15-11(12(16)17)9-10-7-5-4-6-8-10;/h10-11H,4-9H2,1-3H3,(H,15,18)(H,16,17);1H2. The van der Waals surface area contributed by atoms with Crippen molar-refractivity contribution in [3.63, 3.8) is 0 Å². The molecular weight excluding hydrogens is 262 g/mol. The van der Waals surface area contributed by atoms with Crippen molar-refractivity contribution in [2.24, 2.45) is 5.92 Å². The largest absolute Gasteiger partial charge is 0.480 e. The van der Waals surface area contributed by atoms with Gasteiger partial charge in [-0.3, -0.25) is 0 Å². The number of carbonyl (C=O) groups excluding carboxylic acids is 1. The number of amides is 1. The van der Waals surface area contributed by atoms with Gasteiger partial charge in [0.1, 0.15) is 11.6 Å². The third-order valence-corrected chi connectivity index (χ3v) is 3.28. The van der Waals surface area contributed by atoms with Crippen molar-refractivity contribution in [1.29, 1.82) is 0 Å². The highest BCUT2D eigenvalue weighted by Crippen LogP contribution is 2.27. The molecule has 1 unspecified atom stereocenters. The first-order chi connectivity index (χ1) is 8.78. The highest BCUT2D eigenvalue weighted by atomic mass is 16.6. The van der Waals surface area contributed by atoms with Crippen LogP contribution in [0.4, 0.5) is 4.79 Å². The third kappa shape index (κ3) is 7.33. The first-order valence-electron chi connectivity index (χ1n) is 7.00. The van der Waals surface area contributed by atoms with E-state index in [0.29, 0.717) is 12.3 Å². The fourth-order valence-corrected chi connectivity index (χ4v) is 2.43. The quantitative estimate of drug-likeness (QED) is 0.826. The molecule has 118 valence electrons. The van der Waals surface area contributed by atoms with Crippen molar-refractivity contribution in [2.75, 3.05) is 0 Å². The summed E-state index contributed by atoms with van der Waals surface area (Å²) in [6.07, 6.45) is 5.49. The predicted octanol–water partition coefficient (Wildman–Crippen LogP) is 2.11. The summed E-state index contributed by atoms with van der Waals surface area (Å²) in [6.45, 7) is 5.26. The number of ether oxygens (including phenoxy) is 1. The molecule has 20 heavy (non-hydrogen) atoms. The van der Waals surface area contributed by atoms with Crippen LogP contribution in [0.15, 0.2) is 0 Å². The van der Waals surface area contributed by atoms with Crippen LogP contribution in [0.25, 0.3) is 0 Å². The van der Waals surface area contributed by atoms with Crippen LogP contribution in [0.3, 0.4) is 0 Å². The molecule has 6 nitrogen and oxygen atoms in total. The maximum Gasteiger partial charge on any atom is 0.408 e. The summed E-state index contributed by atoms with van der Waals surface area (Å²) in [5, 5.41) is 11.6. The average molecular weight is 289 g/mol. The van der Waals surface area contributed by atoms with Crippen LogP contribution < -0.4 is 5.32 Å². The Hall–Kier alpha value is -1.30. The summed E-state index contributed by atoms with van der Waals surface area (Å²) in [5.74, 6) is -0.596. The van der Waals surface area contributed by atoms with Gasteiger partial charge < -0.3 is 20.6 Å². The minimum atomic E-state index is -0.989. The lowest BCUT2D eigenvalue weighted by atomic mass is 9.85. The Morgan fingerprint density at radius 3 is 2.25 bits per heavy atom. The Labute approximate surface area is 120 Å². The van der Waals surface area contributed by atoms with E-state index in [1.54, 1.807) is 20.8 Å². The van der Waals surface area contributed by atoms with Gasteiger partial charge in [-0.1, -0.05) is 32.1 Å². The topological polar surface area (TPSA) is 107 Å². The van der Waals surface area contributed by atoms with E-state index in [-0.39, 0.29) is 5.48 Å². The summed E-state index contributed by atoms with van der Waals surface area (Å²) in [4.78, 5) is 22.8. The molecule has 6 heteroatoms. The number of aliphatic carboxylic acids is 1. The molecule has 1 fully saturated rings. The molecule has 0 heterocycles. The summed E-state index contributed by atoms with van der Waals surface area (Å²) in [7, 11) is 0. The molecule has 1 saturated carbocycles. The molecule has 4 N–H and O–H groups in total. The first-order valence-corrected chi connectivity index (χ1v) is 7.00. The van der Waals surface area contributed by atoms with E-state index in [1.165, 1.54) is 6.42 Å². The fourth-order valence-electron chi connectivity index (χ4n) is 2.43. The molecule has 1 aliphatic rings. The van der Waals surface area contributed by atoms with Crippen molar-refractivity contribution >= 4 is 12.1 Å². The second-order valence-electron chi connectivity index (χ2n) is 6.28. The van der Waals surface area contributed by atoms with Gasteiger partial charge in [0.05, 0.1) is 0 Å². The Morgan fingerprint density at radius 2 is 1.80 bits per heavy atom. The van der Waals surface area contributed by atoms with Crippen LogP contribution in [0.2, 0.25) is 0 Å². The molecule has 0 aromatic carbocycles. The van der Waals surface area contributed by atoms with Gasteiger partial charge in [0.15, 0.2) is 0 Å². The van der Waals surface area contributed by atoms with Gasteiger partial charge in [0.2, 0.25) is 0 Å². The zero-order valence-corrected chi connectivity index (χ0v) is 12.6. The van der Waals surface area contributed by atoms with Crippen LogP contribution in [-0.4, -0.2) is 34.3 Å². The number of nitrogens with one attached hydrogen (secondary N) is 1. The molecule has 1 amide bonds. The van der Waals surface area contributed by atoms with E-state index < -0.39 is 23.7 Å². The molecule has 0 aromatic heterocycles. The van der Waals surface area contributed by atoms with E-state index >= 15 is 0 Å². The number of hydrogen-bond donors (Lipinski definition) is 2. The number of carboxylic acids is 1. The third-order valence-electron chi connectivity index (χ3n) is 3.28. The first kappa shape index (κ1) is 18.7. The zero-order chi connectivity index (χ0) is 14.5. The lowest BCUT2D eigenvalue weighted by Gasteiger charge is -2.26. The molecule has 0 radical (unpaired) electrons. The van der Waals surface area contributed by atoms with Crippen LogP contribution >= 0.6 is 0 Å². The summed E-state index contributed by atoms with van der Waals surface area (Å²) in [6, 6.07) is -0.849. The summed E-state index contributed by atoms with van der Waals surface area (Å²) in [5.41, 5.74) is -0.613. The van der Waals surface area contributed by atoms with Crippen LogP contribution in [0, 0.1) is 5.92 Å². The minimum absolute atomic E-state index is 0. The van der Waals surface area contributed by atoms with E-state index in [1.807, 2.05) is 0 Å². The number of rotatable bonds is 4. The SMILES string of the molecule is CC(C)(C)OC(=O)NC(CC1CCCCC1)C(=O)O.O. The van der Waals surface area contributed by atoms with Crippen LogP contribution in [-0.2, 0) is 9.53 Å². The smallest absolute Gasteiger partial charge is 0.408 e. The Balaban J connectivity index is 0.00000361. The fraction of sp³-hybridized carbons (Fsp3) is 0.857. The van der Waals surface area contributed by atoms with Gasteiger partial charge >= 0.3 is 12.1 Å². The van der Waals surface area contributed by atoms with Gasteiger partial charge in [-0.15, -0.1) is 0 Å². The summed E-state index contributed by atoms with van der Waals surface area (Å²) < 4.78 is 5.09. The van der Waals surface area contributed by atoms with Crippen LogP contribution in [0.1, 0.15) is 59.3 Å². The molecule has 0 aromatic rings. The number of carbonyl (C=O) groups is 2. The molecule has 1 atom stereocenters. The van der Waals surface area contributed by atoms with Crippen molar-refractivity contribution in [3.8, 4) is 0 Å². The van der Waals surface area contributed by atoms with Crippen molar-refractivity contribution in [2.45, 2.75) is 70.9 Å². The molecule has 0 saturated heterocycles. The van der Waals surface area contributed by atoms with Gasteiger partial charge in [-0.25, -0.2) is 9.59 Å². The van der Waals surface area contributed by atoms with Crippen molar-refractivity contribution < 1.29 is 24.9 Å². The van der Waals surface area contributed by atoms with Gasteiger partial charge in [-0.2, -0.15) is 0 Å². The van der Waals surface area contributed by atoms with Crippen LogP contribution in [0.5, 0.6) is 0 Å². The van der Waals surface area contributed by atoms with Crippen molar-refractivity contribution in [1.82, 2.24) is 5.32 Å². The van der Waals surface area contributed by atoms with E-state index in [9.17, 15) is 14.7 Å². The molecular formula is C14H27NO5. The minimum Gasteiger partial charge on any atom is -0.480 e. The second-order valence-corrected chi connectivity index (χ2v) is 6.28. The molecule has 1 rings (SSSR count).